The Bertz CT molecular complexity index is 878. The predicted molar refractivity (Wildman–Crippen MR) is 90.1 cm³/mol. The van der Waals surface area contributed by atoms with Crippen molar-refractivity contribution in [2.45, 2.75) is 26.2 Å². The van der Waals surface area contributed by atoms with Crippen LogP contribution in [0.3, 0.4) is 0 Å². The summed E-state index contributed by atoms with van der Waals surface area (Å²) in [7, 11) is 0. The molecule has 1 aromatic carbocycles. The molecule has 118 valence electrons. The number of carbonyl (C=O) groups excluding carboxylic acids is 1. The normalized spacial score (nSPS) is 10.8. The highest BCUT2D eigenvalue weighted by Crippen LogP contribution is 2.22. The molecule has 0 aliphatic rings. The third-order valence-corrected chi connectivity index (χ3v) is 4.47. The minimum Gasteiger partial charge on any atom is -0.426 e. The van der Waals surface area contributed by atoms with Gasteiger partial charge < -0.3 is 9.15 Å². The van der Waals surface area contributed by atoms with Gasteiger partial charge in [0, 0.05) is 28.8 Å². The van der Waals surface area contributed by atoms with Gasteiger partial charge in [-0.1, -0.05) is 6.07 Å². The molecular formula is C18H16O4S. The summed E-state index contributed by atoms with van der Waals surface area (Å²) in [4.78, 5) is 24.6. The summed E-state index contributed by atoms with van der Waals surface area (Å²) in [6.07, 6.45) is 1.98. The number of aryl methyl sites for hydroxylation is 2. The standard InChI is InChI=1S/C18H16O4S/c1-12-10-18(20)22-16-11-13(7-8-15(12)16)21-17(19)6-2-4-14-5-3-9-23-14/h3,5,7-11H,2,4,6H2,1H3. The van der Waals surface area contributed by atoms with Gasteiger partial charge in [0.25, 0.3) is 0 Å². The summed E-state index contributed by atoms with van der Waals surface area (Å²) in [5, 5.41) is 2.86. The molecule has 0 spiro atoms. The molecule has 0 bridgehead atoms. The highest BCUT2D eigenvalue weighted by Gasteiger charge is 2.08. The molecular weight excluding hydrogens is 312 g/mol. The predicted octanol–water partition coefficient (Wildman–Crippen LogP) is 4.09. The van der Waals surface area contributed by atoms with Gasteiger partial charge in [-0.2, -0.15) is 0 Å². The van der Waals surface area contributed by atoms with Crippen molar-refractivity contribution in [3.8, 4) is 5.75 Å². The summed E-state index contributed by atoms with van der Waals surface area (Å²) < 4.78 is 10.5. The highest BCUT2D eigenvalue weighted by atomic mass is 32.1. The van der Waals surface area contributed by atoms with Crippen molar-refractivity contribution >= 4 is 28.3 Å². The molecule has 0 aliphatic carbocycles. The monoisotopic (exact) mass is 328 g/mol. The van der Waals surface area contributed by atoms with Crippen molar-refractivity contribution in [2.75, 3.05) is 0 Å². The molecule has 0 aliphatic heterocycles. The topological polar surface area (TPSA) is 56.5 Å². The molecule has 0 atom stereocenters. The van der Waals surface area contributed by atoms with E-state index in [1.54, 1.807) is 29.5 Å². The van der Waals surface area contributed by atoms with Crippen molar-refractivity contribution in [1.82, 2.24) is 0 Å². The molecule has 23 heavy (non-hydrogen) atoms. The maximum absolute atomic E-state index is 11.9. The number of hydrogen-bond acceptors (Lipinski definition) is 5. The van der Waals surface area contributed by atoms with Crippen LogP contribution in [-0.4, -0.2) is 5.97 Å². The van der Waals surface area contributed by atoms with Crippen molar-refractivity contribution < 1.29 is 13.9 Å². The van der Waals surface area contributed by atoms with Crippen LogP contribution in [0.4, 0.5) is 0 Å². The van der Waals surface area contributed by atoms with Crippen LogP contribution in [0.2, 0.25) is 0 Å². The lowest BCUT2D eigenvalue weighted by Crippen LogP contribution is -2.08. The second-order valence-electron chi connectivity index (χ2n) is 5.31. The fourth-order valence-electron chi connectivity index (χ4n) is 2.41. The van der Waals surface area contributed by atoms with E-state index in [0.29, 0.717) is 17.8 Å². The van der Waals surface area contributed by atoms with Crippen molar-refractivity contribution in [3.63, 3.8) is 0 Å². The summed E-state index contributed by atoms with van der Waals surface area (Å²) in [6.45, 7) is 1.84. The van der Waals surface area contributed by atoms with E-state index in [2.05, 4.69) is 6.07 Å². The van der Waals surface area contributed by atoms with E-state index in [9.17, 15) is 9.59 Å². The summed E-state index contributed by atoms with van der Waals surface area (Å²) in [6, 6.07) is 10.6. The molecule has 3 aromatic rings. The van der Waals surface area contributed by atoms with Gasteiger partial charge in [0.1, 0.15) is 11.3 Å². The second kappa shape index (κ2) is 6.79. The number of esters is 1. The molecule has 0 saturated carbocycles. The number of fused-ring (bicyclic) bond motifs is 1. The first-order valence-corrected chi connectivity index (χ1v) is 8.27. The Morgan fingerprint density at radius 1 is 1.26 bits per heavy atom. The number of thiophene rings is 1. The number of ether oxygens (including phenoxy) is 1. The zero-order chi connectivity index (χ0) is 16.2. The van der Waals surface area contributed by atoms with Crippen molar-refractivity contribution in [3.05, 3.63) is 62.6 Å². The third-order valence-electron chi connectivity index (χ3n) is 3.54. The first-order valence-electron chi connectivity index (χ1n) is 7.39. The SMILES string of the molecule is Cc1cc(=O)oc2cc(OC(=O)CCCc3cccs3)ccc12. The van der Waals surface area contributed by atoms with Gasteiger partial charge in [-0.05, 0) is 48.9 Å². The second-order valence-corrected chi connectivity index (χ2v) is 6.35. The Balaban J connectivity index is 1.64. The van der Waals surface area contributed by atoms with Gasteiger partial charge in [-0.25, -0.2) is 4.79 Å². The molecule has 0 N–H and O–H groups in total. The average Bonchev–Trinajstić information content (AvgIpc) is 3.00. The largest absolute Gasteiger partial charge is 0.426 e. The molecule has 2 aromatic heterocycles. The third kappa shape index (κ3) is 3.87. The summed E-state index contributed by atoms with van der Waals surface area (Å²) in [5.74, 6) is 0.114. The summed E-state index contributed by atoms with van der Waals surface area (Å²) in [5.41, 5.74) is 0.860. The van der Waals surface area contributed by atoms with Gasteiger partial charge in [0.15, 0.2) is 0 Å². The van der Waals surface area contributed by atoms with E-state index in [-0.39, 0.29) is 5.97 Å². The smallest absolute Gasteiger partial charge is 0.336 e. The van der Waals surface area contributed by atoms with Crippen LogP contribution in [0.1, 0.15) is 23.3 Å². The molecule has 0 radical (unpaired) electrons. The molecule has 5 heteroatoms. The van der Waals surface area contributed by atoms with Gasteiger partial charge in [0.2, 0.25) is 0 Å². The molecule has 0 amide bonds. The van der Waals surface area contributed by atoms with Crippen LogP contribution >= 0.6 is 11.3 Å². The van der Waals surface area contributed by atoms with E-state index in [1.807, 2.05) is 18.4 Å². The maximum Gasteiger partial charge on any atom is 0.336 e. The zero-order valence-corrected chi connectivity index (χ0v) is 13.5. The zero-order valence-electron chi connectivity index (χ0n) is 12.7. The first-order chi connectivity index (χ1) is 11.1. The van der Waals surface area contributed by atoms with E-state index in [0.717, 1.165) is 23.8 Å². The number of benzene rings is 1. The van der Waals surface area contributed by atoms with E-state index in [4.69, 9.17) is 9.15 Å². The molecule has 3 rings (SSSR count). The molecule has 4 nitrogen and oxygen atoms in total. The van der Waals surface area contributed by atoms with Crippen molar-refractivity contribution in [2.24, 2.45) is 0 Å². The lowest BCUT2D eigenvalue weighted by atomic mass is 10.1. The van der Waals surface area contributed by atoms with Crippen LogP contribution in [0.25, 0.3) is 11.0 Å². The quantitative estimate of drug-likeness (QED) is 0.402. The fourth-order valence-corrected chi connectivity index (χ4v) is 3.16. The number of hydrogen-bond donors (Lipinski definition) is 0. The Labute approximate surface area is 137 Å². The number of rotatable bonds is 5. The maximum atomic E-state index is 11.9. The Hall–Kier alpha value is -2.40. The lowest BCUT2D eigenvalue weighted by molar-refractivity contribution is -0.134. The van der Waals surface area contributed by atoms with E-state index < -0.39 is 5.63 Å². The van der Waals surface area contributed by atoms with E-state index in [1.165, 1.54) is 10.9 Å². The van der Waals surface area contributed by atoms with Crippen LogP contribution in [0.15, 0.2) is 51.0 Å². The minimum atomic E-state index is -0.408. The fraction of sp³-hybridized carbons (Fsp3) is 0.222. The first kappa shape index (κ1) is 15.5. The van der Waals surface area contributed by atoms with Gasteiger partial charge in [-0.3, -0.25) is 4.79 Å². The van der Waals surface area contributed by atoms with E-state index >= 15 is 0 Å². The van der Waals surface area contributed by atoms with Crippen LogP contribution in [0.5, 0.6) is 5.75 Å². The summed E-state index contributed by atoms with van der Waals surface area (Å²) >= 11 is 1.69. The number of carbonyl (C=O) groups is 1. The molecule has 0 unspecified atom stereocenters. The molecule has 2 heterocycles. The Morgan fingerprint density at radius 2 is 2.13 bits per heavy atom. The molecule has 0 saturated heterocycles. The van der Waals surface area contributed by atoms with Gasteiger partial charge in [0.05, 0.1) is 0 Å². The average molecular weight is 328 g/mol. The van der Waals surface area contributed by atoms with Crippen molar-refractivity contribution in [1.29, 1.82) is 0 Å². The van der Waals surface area contributed by atoms with Gasteiger partial charge >= 0.3 is 11.6 Å². The Kier molecular flexibility index (Phi) is 4.57. The lowest BCUT2D eigenvalue weighted by Gasteiger charge is -2.06. The Morgan fingerprint density at radius 3 is 2.91 bits per heavy atom. The highest BCUT2D eigenvalue weighted by molar-refractivity contribution is 7.09. The van der Waals surface area contributed by atoms with Gasteiger partial charge in [-0.15, -0.1) is 11.3 Å². The van der Waals surface area contributed by atoms with Crippen LogP contribution < -0.4 is 10.4 Å². The minimum absolute atomic E-state index is 0.282. The van der Waals surface area contributed by atoms with Crippen LogP contribution in [0, 0.1) is 6.92 Å². The van der Waals surface area contributed by atoms with Crippen LogP contribution in [-0.2, 0) is 11.2 Å². The molecule has 0 fully saturated rings.